The van der Waals surface area contributed by atoms with Crippen LogP contribution in [0.1, 0.15) is 31.7 Å². The summed E-state index contributed by atoms with van der Waals surface area (Å²) >= 11 is 0. The highest BCUT2D eigenvalue weighted by molar-refractivity contribution is 5.99. The molecule has 2 aliphatic rings. The Balaban J connectivity index is 1.56. The van der Waals surface area contributed by atoms with Crippen molar-refractivity contribution in [2.24, 2.45) is 13.0 Å². The zero-order valence-corrected chi connectivity index (χ0v) is 16.2. The fourth-order valence-corrected chi connectivity index (χ4v) is 3.94. The fourth-order valence-electron chi connectivity index (χ4n) is 3.94. The van der Waals surface area contributed by atoms with Gasteiger partial charge < -0.3 is 9.69 Å². The standard InChI is InChI=1S/C20H23N5O4/c1-23-18(22-25(20(23)29)16-6-7-17(27)21-19(16)28)14-2-4-15(5-3-14)24-10-8-13(12-26)9-11-24/h2-5,12-13,16H,6-11H2,1H3,(H,21,27,28)/t16-/m1/s1. The first-order valence-corrected chi connectivity index (χ1v) is 9.78. The van der Waals surface area contributed by atoms with Crippen LogP contribution in [0.3, 0.4) is 0 Å². The molecule has 0 bridgehead atoms. The zero-order valence-electron chi connectivity index (χ0n) is 16.2. The van der Waals surface area contributed by atoms with E-state index in [0.717, 1.165) is 48.1 Å². The van der Waals surface area contributed by atoms with E-state index in [1.807, 2.05) is 24.3 Å². The number of hydrogen-bond acceptors (Lipinski definition) is 6. The highest BCUT2D eigenvalue weighted by Gasteiger charge is 2.31. The summed E-state index contributed by atoms with van der Waals surface area (Å²) < 4.78 is 2.57. The van der Waals surface area contributed by atoms with Crippen LogP contribution in [0.2, 0.25) is 0 Å². The molecule has 2 aliphatic heterocycles. The second-order valence-electron chi connectivity index (χ2n) is 7.58. The van der Waals surface area contributed by atoms with Crippen LogP contribution in [-0.4, -0.2) is 45.5 Å². The molecule has 9 heteroatoms. The van der Waals surface area contributed by atoms with Gasteiger partial charge in [0, 0.05) is 43.7 Å². The third-order valence-electron chi connectivity index (χ3n) is 5.73. The van der Waals surface area contributed by atoms with Crippen LogP contribution in [0.4, 0.5) is 5.69 Å². The number of benzene rings is 1. The normalized spacial score (nSPS) is 20.6. The molecule has 0 radical (unpaired) electrons. The molecule has 29 heavy (non-hydrogen) atoms. The van der Waals surface area contributed by atoms with E-state index in [9.17, 15) is 19.2 Å². The highest BCUT2D eigenvalue weighted by atomic mass is 16.2. The maximum Gasteiger partial charge on any atom is 0.346 e. The largest absolute Gasteiger partial charge is 0.371 e. The fraction of sp³-hybridized carbons (Fsp3) is 0.450. The van der Waals surface area contributed by atoms with Crippen LogP contribution in [0, 0.1) is 5.92 Å². The molecule has 0 spiro atoms. The first kappa shape index (κ1) is 19.1. The SMILES string of the molecule is Cn1c(-c2ccc(N3CCC(C=O)CC3)cc2)nn([C@@H]2CCC(=O)NC2=O)c1=O. The molecular formula is C20H23N5O4. The van der Waals surface area contributed by atoms with Crippen LogP contribution < -0.4 is 15.9 Å². The molecule has 2 aromatic rings. The summed E-state index contributed by atoms with van der Waals surface area (Å²) in [7, 11) is 1.62. The number of aromatic nitrogens is 3. The maximum absolute atomic E-state index is 12.6. The molecule has 1 atom stereocenters. The van der Waals surface area contributed by atoms with Crippen molar-refractivity contribution in [1.29, 1.82) is 0 Å². The maximum atomic E-state index is 12.6. The number of piperidine rings is 2. The van der Waals surface area contributed by atoms with E-state index in [-0.39, 0.29) is 24.7 Å². The molecule has 0 aliphatic carbocycles. The van der Waals surface area contributed by atoms with Gasteiger partial charge in [-0.15, -0.1) is 5.10 Å². The highest BCUT2D eigenvalue weighted by Crippen LogP contribution is 2.26. The van der Waals surface area contributed by atoms with E-state index in [1.54, 1.807) is 7.05 Å². The van der Waals surface area contributed by atoms with E-state index in [0.29, 0.717) is 5.82 Å². The van der Waals surface area contributed by atoms with E-state index in [4.69, 9.17) is 0 Å². The second kappa shape index (κ2) is 7.65. The van der Waals surface area contributed by atoms with Gasteiger partial charge in [0.25, 0.3) is 5.91 Å². The molecule has 2 fully saturated rings. The predicted octanol–water partition coefficient (Wildman–Crippen LogP) is 0.642. The number of hydrogen-bond donors (Lipinski definition) is 1. The molecule has 2 saturated heterocycles. The summed E-state index contributed by atoms with van der Waals surface area (Å²) in [4.78, 5) is 49.3. The van der Waals surface area contributed by atoms with Gasteiger partial charge in [-0.2, -0.15) is 0 Å². The minimum Gasteiger partial charge on any atom is -0.371 e. The number of rotatable bonds is 4. The monoisotopic (exact) mass is 397 g/mol. The number of nitrogens with zero attached hydrogens (tertiary/aromatic N) is 4. The first-order valence-electron chi connectivity index (χ1n) is 9.78. The van der Waals surface area contributed by atoms with E-state index in [1.165, 1.54) is 4.57 Å². The van der Waals surface area contributed by atoms with Crippen LogP contribution in [-0.2, 0) is 21.4 Å². The number of amides is 2. The summed E-state index contributed by atoms with van der Waals surface area (Å²) in [6, 6.07) is 6.98. The van der Waals surface area contributed by atoms with Crippen molar-refractivity contribution in [2.75, 3.05) is 18.0 Å². The van der Waals surface area contributed by atoms with Crippen molar-refractivity contribution >= 4 is 23.8 Å². The molecule has 4 rings (SSSR count). The summed E-state index contributed by atoms with van der Waals surface area (Å²) in [5.41, 5.74) is 1.43. The lowest BCUT2D eigenvalue weighted by Gasteiger charge is -2.31. The zero-order chi connectivity index (χ0) is 20.5. The van der Waals surface area contributed by atoms with Crippen LogP contribution in [0.15, 0.2) is 29.1 Å². The summed E-state index contributed by atoms with van der Waals surface area (Å²) in [6.07, 6.45) is 3.20. The Morgan fingerprint density at radius 1 is 1.07 bits per heavy atom. The second-order valence-corrected chi connectivity index (χ2v) is 7.58. The molecular weight excluding hydrogens is 374 g/mol. The Hall–Kier alpha value is -3.23. The Bertz CT molecular complexity index is 999. The minimum atomic E-state index is -0.779. The van der Waals surface area contributed by atoms with Crippen LogP contribution in [0.5, 0.6) is 0 Å². The lowest BCUT2D eigenvalue weighted by atomic mass is 9.98. The average Bonchev–Trinajstić information content (AvgIpc) is 3.03. The Kier molecular flexibility index (Phi) is 5.04. The van der Waals surface area contributed by atoms with Gasteiger partial charge in [-0.1, -0.05) is 0 Å². The Morgan fingerprint density at radius 3 is 2.38 bits per heavy atom. The van der Waals surface area contributed by atoms with E-state index in [2.05, 4.69) is 15.3 Å². The predicted molar refractivity (Wildman–Crippen MR) is 105 cm³/mol. The lowest BCUT2D eigenvalue weighted by molar-refractivity contribution is -0.136. The molecule has 152 valence electrons. The Morgan fingerprint density at radius 2 is 1.76 bits per heavy atom. The average molecular weight is 397 g/mol. The van der Waals surface area contributed by atoms with E-state index < -0.39 is 17.6 Å². The summed E-state index contributed by atoms with van der Waals surface area (Å²) in [6.45, 7) is 1.68. The van der Waals surface area contributed by atoms with Crippen molar-refractivity contribution in [3.05, 3.63) is 34.7 Å². The number of nitrogens with one attached hydrogen (secondary N) is 1. The van der Waals surface area contributed by atoms with Crippen molar-refractivity contribution in [3.8, 4) is 11.4 Å². The van der Waals surface area contributed by atoms with Crippen molar-refractivity contribution < 1.29 is 14.4 Å². The summed E-state index contributed by atoms with van der Waals surface area (Å²) in [5.74, 6) is -0.215. The minimum absolute atomic E-state index is 0.149. The molecule has 1 N–H and O–H groups in total. The molecule has 9 nitrogen and oxygen atoms in total. The smallest absolute Gasteiger partial charge is 0.346 e. The topological polar surface area (TPSA) is 106 Å². The number of anilines is 1. The van der Waals surface area contributed by atoms with Gasteiger partial charge in [-0.3, -0.25) is 19.5 Å². The lowest BCUT2D eigenvalue weighted by Crippen LogP contribution is -2.44. The molecule has 0 saturated carbocycles. The van der Waals surface area contributed by atoms with Gasteiger partial charge in [-0.05, 0) is 43.5 Å². The Labute approximate surface area is 167 Å². The number of aldehydes is 1. The van der Waals surface area contributed by atoms with Crippen molar-refractivity contribution in [2.45, 2.75) is 31.7 Å². The number of carbonyl (C=O) groups is 3. The van der Waals surface area contributed by atoms with Gasteiger partial charge in [0.2, 0.25) is 5.91 Å². The molecule has 1 aromatic heterocycles. The molecule has 0 unspecified atom stereocenters. The quantitative estimate of drug-likeness (QED) is 0.600. The molecule has 3 heterocycles. The van der Waals surface area contributed by atoms with Gasteiger partial charge in [-0.25, -0.2) is 9.48 Å². The third kappa shape index (κ3) is 3.59. The van der Waals surface area contributed by atoms with Gasteiger partial charge in [0.05, 0.1) is 0 Å². The first-order chi connectivity index (χ1) is 14.0. The van der Waals surface area contributed by atoms with Crippen LogP contribution in [0.25, 0.3) is 11.4 Å². The molecule has 2 amide bonds. The van der Waals surface area contributed by atoms with Gasteiger partial charge >= 0.3 is 5.69 Å². The number of imide groups is 1. The third-order valence-corrected chi connectivity index (χ3v) is 5.73. The van der Waals surface area contributed by atoms with Crippen molar-refractivity contribution in [1.82, 2.24) is 19.7 Å². The van der Waals surface area contributed by atoms with Gasteiger partial charge in [0.15, 0.2) is 5.82 Å². The van der Waals surface area contributed by atoms with Gasteiger partial charge in [0.1, 0.15) is 12.3 Å². The number of carbonyl (C=O) groups excluding carboxylic acids is 3. The van der Waals surface area contributed by atoms with Crippen molar-refractivity contribution in [3.63, 3.8) is 0 Å². The molecule has 1 aromatic carbocycles. The summed E-state index contributed by atoms with van der Waals surface area (Å²) in [5, 5.41) is 6.64. The van der Waals surface area contributed by atoms with Crippen LogP contribution >= 0.6 is 0 Å². The van der Waals surface area contributed by atoms with E-state index >= 15 is 0 Å².